The molecular formula is C18H18Cl2N2O4. The van der Waals surface area contributed by atoms with E-state index in [9.17, 15) is 9.59 Å². The first kappa shape index (κ1) is 19.9. The Kier molecular flexibility index (Phi) is 6.34. The highest BCUT2D eigenvalue weighted by Gasteiger charge is 2.19. The average molecular weight is 397 g/mol. The van der Waals surface area contributed by atoms with E-state index in [1.807, 2.05) is 0 Å². The Balaban J connectivity index is 2.20. The second-order valence-corrected chi connectivity index (χ2v) is 6.33. The number of carbonyl (C=O) groups excluding carboxylic acids is 2. The minimum Gasteiger partial charge on any atom is -0.495 e. The number of amides is 2. The Hall–Kier alpha value is -2.44. The van der Waals surface area contributed by atoms with Crippen molar-refractivity contribution >= 4 is 46.4 Å². The number of halogens is 2. The highest BCUT2D eigenvalue weighted by atomic mass is 35.5. The van der Waals surface area contributed by atoms with Gasteiger partial charge in [-0.2, -0.15) is 0 Å². The fourth-order valence-corrected chi connectivity index (χ4v) is 2.53. The van der Waals surface area contributed by atoms with Gasteiger partial charge in [-0.25, -0.2) is 0 Å². The van der Waals surface area contributed by atoms with Crippen molar-refractivity contribution in [2.75, 3.05) is 24.9 Å². The maximum absolute atomic E-state index is 12.3. The lowest BCUT2D eigenvalue weighted by Gasteiger charge is -2.14. The fourth-order valence-electron chi connectivity index (χ4n) is 2.22. The molecule has 0 aliphatic rings. The van der Waals surface area contributed by atoms with Crippen LogP contribution in [-0.2, 0) is 9.59 Å². The molecule has 6 nitrogen and oxygen atoms in total. The Bertz CT molecular complexity index is 797. The largest absolute Gasteiger partial charge is 0.495 e. The van der Waals surface area contributed by atoms with Gasteiger partial charge in [-0.15, -0.1) is 0 Å². The van der Waals surface area contributed by atoms with Crippen molar-refractivity contribution in [3.8, 4) is 11.5 Å². The van der Waals surface area contributed by atoms with Gasteiger partial charge >= 0.3 is 11.8 Å². The lowest BCUT2D eigenvalue weighted by atomic mass is 10.2. The van der Waals surface area contributed by atoms with Gasteiger partial charge in [-0.3, -0.25) is 9.59 Å². The summed E-state index contributed by atoms with van der Waals surface area (Å²) in [5.74, 6) is -1.03. The third kappa shape index (κ3) is 4.39. The van der Waals surface area contributed by atoms with E-state index in [2.05, 4.69) is 10.6 Å². The smallest absolute Gasteiger partial charge is 0.314 e. The Morgan fingerprint density at radius 3 is 1.42 bits per heavy atom. The summed E-state index contributed by atoms with van der Waals surface area (Å²) >= 11 is 12.1. The quantitative estimate of drug-likeness (QED) is 0.758. The molecule has 0 saturated heterocycles. The van der Waals surface area contributed by atoms with Crippen molar-refractivity contribution in [2.45, 2.75) is 13.8 Å². The summed E-state index contributed by atoms with van der Waals surface area (Å²) < 4.78 is 10.4. The third-order valence-corrected chi connectivity index (χ3v) is 4.48. The molecule has 2 amide bonds. The minimum atomic E-state index is -0.861. The lowest BCUT2D eigenvalue weighted by molar-refractivity contribution is -0.133. The summed E-state index contributed by atoms with van der Waals surface area (Å²) in [7, 11) is 2.89. The van der Waals surface area contributed by atoms with Crippen LogP contribution in [0.2, 0.25) is 10.0 Å². The summed E-state index contributed by atoms with van der Waals surface area (Å²) in [5.41, 5.74) is 2.15. The minimum absolute atomic E-state index is 0.341. The molecule has 0 aliphatic carbocycles. The number of anilines is 2. The summed E-state index contributed by atoms with van der Waals surface area (Å²) in [6, 6.07) is 6.38. The molecule has 0 heterocycles. The van der Waals surface area contributed by atoms with Crippen LogP contribution < -0.4 is 20.1 Å². The van der Waals surface area contributed by atoms with Crippen LogP contribution in [0.1, 0.15) is 11.1 Å². The standard InChI is InChI=1S/C18H18Cl2N2O4/c1-9-5-13(15(25-3)7-11(9)19)21-17(23)18(24)22-14-6-10(2)12(20)8-16(14)26-4/h5-8H,1-4H3,(H,21,23)(H,22,24). The number of aryl methyl sites for hydroxylation is 2. The summed E-state index contributed by atoms with van der Waals surface area (Å²) in [4.78, 5) is 24.5. The first-order valence-corrected chi connectivity index (χ1v) is 8.33. The maximum atomic E-state index is 12.3. The zero-order chi connectivity index (χ0) is 19.4. The number of benzene rings is 2. The molecule has 0 aliphatic heterocycles. The van der Waals surface area contributed by atoms with E-state index >= 15 is 0 Å². The number of methoxy groups -OCH3 is 2. The second kappa shape index (κ2) is 8.29. The first-order valence-electron chi connectivity index (χ1n) is 7.57. The van der Waals surface area contributed by atoms with E-state index in [4.69, 9.17) is 32.7 Å². The molecule has 0 unspecified atom stereocenters. The Morgan fingerprint density at radius 1 is 0.769 bits per heavy atom. The van der Waals surface area contributed by atoms with Gasteiger partial charge in [-0.1, -0.05) is 23.2 Å². The highest BCUT2D eigenvalue weighted by molar-refractivity contribution is 6.44. The number of nitrogens with one attached hydrogen (secondary N) is 2. The molecule has 2 aromatic rings. The first-order chi connectivity index (χ1) is 12.3. The molecule has 2 aromatic carbocycles. The van der Waals surface area contributed by atoms with E-state index in [0.29, 0.717) is 32.9 Å². The van der Waals surface area contributed by atoms with Gasteiger partial charge in [0, 0.05) is 22.2 Å². The topological polar surface area (TPSA) is 76.7 Å². The Morgan fingerprint density at radius 2 is 1.12 bits per heavy atom. The molecule has 0 radical (unpaired) electrons. The summed E-state index contributed by atoms with van der Waals surface area (Å²) in [6.45, 7) is 3.55. The number of ether oxygens (including phenoxy) is 2. The number of rotatable bonds is 4. The molecule has 0 aromatic heterocycles. The molecule has 2 rings (SSSR count). The normalized spacial score (nSPS) is 10.2. The molecular weight excluding hydrogens is 379 g/mol. The highest BCUT2D eigenvalue weighted by Crippen LogP contribution is 2.32. The molecule has 0 atom stereocenters. The molecule has 8 heteroatoms. The van der Waals surface area contributed by atoms with Crippen molar-refractivity contribution in [3.05, 3.63) is 45.4 Å². The van der Waals surface area contributed by atoms with E-state index in [1.54, 1.807) is 38.1 Å². The van der Waals surface area contributed by atoms with Gasteiger partial charge < -0.3 is 20.1 Å². The van der Waals surface area contributed by atoms with Gasteiger partial charge in [-0.05, 0) is 37.1 Å². The Labute approximate surface area is 161 Å². The number of hydrogen-bond donors (Lipinski definition) is 2. The van der Waals surface area contributed by atoms with Crippen LogP contribution in [0.15, 0.2) is 24.3 Å². The van der Waals surface area contributed by atoms with Crippen LogP contribution in [0.3, 0.4) is 0 Å². The van der Waals surface area contributed by atoms with Crippen molar-refractivity contribution in [1.82, 2.24) is 0 Å². The SMILES string of the molecule is COc1cc(Cl)c(C)cc1NC(=O)C(=O)Nc1cc(C)c(Cl)cc1OC. The van der Waals surface area contributed by atoms with E-state index in [-0.39, 0.29) is 0 Å². The average Bonchev–Trinajstić information content (AvgIpc) is 2.60. The number of hydrogen-bond acceptors (Lipinski definition) is 4. The predicted octanol–water partition coefficient (Wildman–Crippen LogP) is 4.20. The molecule has 0 bridgehead atoms. The third-order valence-electron chi connectivity index (χ3n) is 3.66. The molecule has 0 saturated carbocycles. The lowest BCUT2D eigenvalue weighted by Crippen LogP contribution is -2.29. The maximum Gasteiger partial charge on any atom is 0.314 e. The zero-order valence-corrected chi connectivity index (χ0v) is 16.2. The van der Waals surface area contributed by atoms with Crippen LogP contribution in [0, 0.1) is 13.8 Å². The fraction of sp³-hybridized carbons (Fsp3) is 0.222. The molecule has 26 heavy (non-hydrogen) atoms. The molecule has 0 spiro atoms. The molecule has 0 fully saturated rings. The van der Waals surface area contributed by atoms with Crippen molar-refractivity contribution in [3.63, 3.8) is 0 Å². The van der Waals surface area contributed by atoms with Crippen LogP contribution in [0.4, 0.5) is 11.4 Å². The van der Waals surface area contributed by atoms with Crippen LogP contribution in [0.5, 0.6) is 11.5 Å². The molecule has 138 valence electrons. The van der Waals surface area contributed by atoms with Crippen LogP contribution in [0.25, 0.3) is 0 Å². The van der Waals surface area contributed by atoms with Crippen LogP contribution >= 0.6 is 23.2 Å². The van der Waals surface area contributed by atoms with Gasteiger partial charge in [0.2, 0.25) is 0 Å². The van der Waals surface area contributed by atoms with Gasteiger partial charge in [0.15, 0.2) is 0 Å². The van der Waals surface area contributed by atoms with E-state index in [1.165, 1.54) is 14.2 Å². The monoisotopic (exact) mass is 396 g/mol. The van der Waals surface area contributed by atoms with Gasteiger partial charge in [0.25, 0.3) is 0 Å². The summed E-state index contributed by atoms with van der Waals surface area (Å²) in [5, 5.41) is 6.01. The van der Waals surface area contributed by atoms with Crippen molar-refractivity contribution in [1.29, 1.82) is 0 Å². The van der Waals surface area contributed by atoms with E-state index < -0.39 is 11.8 Å². The molecule has 2 N–H and O–H groups in total. The van der Waals surface area contributed by atoms with Crippen LogP contribution in [-0.4, -0.2) is 26.0 Å². The van der Waals surface area contributed by atoms with E-state index in [0.717, 1.165) is 11.1 Å². The van der Waals surface area contributed by atoms with Gasteiger partial charge in [0.05, 0.1) is 25.6 Å². The van der Waals surface area contributed by atoms with Crippen molar-refractivity contribution < 1.29 is 19.1 Å². The second-order valence-electron chi connectivity index (χ2n) is 5.51. The summed E-state index contributed by atoms with van der Waals surface area (Å²) in [6.07, 6.45) is 0. The van der Waals surface area contributed by atoms with Gasteiger partial charge in [0.1, 0.15) is 11.5 Å². The zero-order valence-electron chi connectivity index (χ0n) is 14.7. The number of carbonyl (C=O) groups is 2. The van der Waals surface area contributed by atoms with Crippen molar-refractivity contribution in [2.24, 2.45) is 0 Å². The predicted molar refractivity (Wildman–Crippen MR) is 103 cm³/mol.